The Morgan fingerprint density at radius 1 is 1.35 bits per heavy atom. The van der Waals surface area contributed by atoms with Gasteiger partial charge in [0.2, 0.25) is 0 Å². The van der Waals surface area contributed by atoms with E-state index in [1.54, 1.807) is 0 Å². The van der Waals surface area contributed by atoms with Crippen molar-refractivity contribution in [3.63, 3.8) is 0 Å². The molecule has 4 N–H and O–H groups in total. The monoisotopic (exact) mass is 258 g/mol. The second kappa shape index (κ2) is 5.76. The first-order valence-electron chi connectivity index (χ1n) is 4.95. The molecule has 94 valence electrons. The molecule has 0 aliphatic rings. The summed E-state index contributed by atoms with van der Waals surface area (Å²) in [6.07, 6.45) is 0.607. The van der Waals surface area contributed by atoms with E-state index >= 15 is 0 Å². The van der Waals surface area contributed by atoms with Crippen LogP contribution < -0.4 is 9.86 Å². The van der Waals surface area contributed by atoms with Crippen LogP contribution in [0.3, 0.4) is 0 Å². The number of carbonyl (C=O) groups is 1. The minimum Gasteiger partial charge on any atom is -0.480 e. The van der Waals surface area contributed by atoms with Crippen LogP contribution in [0, 0.1) is 0 Å². The molecule has 0 aromatic heterocycles. The van der Waals surface area contributed by atoms with Crippen LogP contribution in [0.5, 0.6) is 0 Å². The standard InChI is InChI=1S/C10H14N2O4S/c11-17(15,16)12-9(10(13)14)7-6-8-4-2-1-3-5-8/h1-5,9,12H,6-7H2,(H,13,14)(H2,11,15,16). The van der Waals surface area contributed by atoms with E-state index in [1.165, 1.54) is 0 Å². The topological polar surface area (TPSA) is 109 Å². The van der Waals surface area contributed by atoms with Gasteiger partial charge in [-0.1, -0.05) is 30.3 Å². The molecule has 1 unspecified atom stereocenters. The summed E-state index contributed by atoms with van der Waals surface area (Å²) in [6, 6.07) is 7.99. The molecule has 0 spiro atoms. The van der Waals surface area contributed by atoms with Crippen LogP contribution in [0.2, 0.25) is 0 Å². The molecule has 0 fully saturated rings. The first kappa shape index (κ1) is 13.6. The lowest BCUT2D eigenvalue weighted by Gasteiger charge is -2.12. The minimum atomic E-state index is -4.00. The summed E-state index contributed by atoms with van der Waals surface area (Å²) in [7, 11) is -4.00. The zero-order chi connectivity index (χ0) is 12.9. The van der Waals surface area contributed by atoms with Gasteiger partial charge in [-0.05, 0) is 18.4 Å². The Morgan fingerprint density at radius 3 is 2.41 bits per heavy atom. The summed E-state index contributed by atoms with van der Waals surface area (Å²) in [5.41, 5.74) is 0.940. The number of carboxylic acids is 1. The summed E-state index contributed by atoms with van der Waals surface area (Å²) in [4.78, 5) is 10.8. The van der Waals surface area contributed by atoms with Gasteiger partial charge in [0.25, 0.3) is 10.2 Å². The van der Waals surface area contributed by atoms with Gasteiger partial charge >= 0.3 is 5.97 Å². The normalized spacial score (nSPS) is 13.2. The SMILES string of the molecule is NS(=O)(=O)NC(CCc1ccccc1)C(=O)O. The van der Waals surface area contributed by atoms with Gasteiger partial charge in [-0.15, -0.1) is 0 Å². The van der Waals surface area contributed by atoms with Gasteiger partial charge < -0.3 is 5.11 Å². The highest BCUT2D eigenvalue weighted by Gasteiger charge is 2.21. The van der Waals surface area contributed by atoms with E-state index in [0.717, 1.165) is 5.56 Å². The fourth-order valence-corrected chi connectivity index (χ4v) is 2.00. The zero-order valence-corrected chi connectivity index (χ0v) is 9.85. The zero-order valence-electron chi connectivity index (χ0n) is 9.04. The highest BCUT2D eigenvalue weighted by atomic mass is 32.2. The quantitative estimate of drug-likeness (QED) is 0.660. The number of benzene rings is 1. The third-order valence-electron chi connectivity index (χ3n) is 2.17. The van der Waals surface area contributed by atoms with Crippen LogP contribution in [0.1, 0.15) is 12.0 Å². The summed E-state index contributed by atoms with van der Waals surface area (Å²) in [5.74, 6) is -1.24. The second-order valence-electron chi connectivity index (χ2n) is 3.58. The molecule has 6 nitrogen and oxygen atoms in total. The molecule has 0 saturated heterocycles. The van der Waals surface area contributed by atoms with Crippen LogP contribution >= 0.6 is 0 Å². The van der Waals surface area contributed by atoms with E-state index < -0.39 is 22.2 Å². The Bertz CT molecular complexity index is 472. The molecule has 1 rings (SSSR count). The van der Waals surface area contributed by atoms with Gasteiger partial charge in [0.1, 0.15) is 6.04 Å². The van der Waals surface area contributed by atoms with Crippen molar-refractivity contribution in [1.82, 2.24) is 4.72 Å². The smallest absolute Gasteiger partial charge is 0.321 e. The van der Waals surface area contributed by atoms with E-state index in [2.05, 4.69) is 0 Å². The number of nitrogens with two attached hydrogens (primary N) is 1. The molecule has 0 aliphatic heterocycles. The number of aryl methyl sites for hydroxylation is 1. The average molecular weight is 258 g/mol. The summed E-state index contributed by atoms with van der Waals surface area (Å²) in [6.45, 7) is 0. The summed E-state index contributed by atoms with van der Waals surface area (Å²) in [5, 5.41) is 13.6. The number of rotatable bonds is 6. The van der Waals surface area contributed by atoms with E-state index in [1.807, 2.05) is 35.1 Å². The number of hydrogen-bond acceptors (Lipinski definition) is 3. The van der Waals surface area contributed by atoms with Gasteiger partial charge in [0.05, 0.1) is 0 Å². The van der Waals surface area contributed by atoms with Gasteiger partial charge in [-0.2, -0.15) is 13.1 Å². The van der Waals surface area contributed by atoms with Gasteiger partial charge in [-0.3, -0.25) is 4.79 Å². The Kier molecular flexibility index (Phi) is 4.62. The van der Waals surface area contributed by atoms with Crippen molar-refractivity contribution in [2.24, 2.45) is 5.14 Å². The van der Waals surface area contributed by atoms with E-state index in [0.29, 0.717) is 6.42 Å². The molecule has 0 saturated carbocycles. The highest BCUT2D eigenvalue weighted by Crippen LogP contribution is 2.05. The van der Waals surface area contributed by atoms with E-state index in [4.69, 9.17) is 10.2 Å². The molecule has 7 heteroatoms. The molecule has 0 radical (unpaired) electrons. The lowest BCUT2D eigenvalue weighted by Crippen LogP contribution is -2.44. The van der Waals surface area contributed by atoms with Crippen molar-refractivity contribution in [2.45, 2.75) is 18.9 Å². The maximum absolute atomic E-state index is 10.8. The van der Waals surface area contributed by atoms with Crippen LogP contribution in [0.25, 0.3) is 0 Å². The van der Waals surface area contributed by atoms with Crippen LogP contribution in [-0.4, -0.2) is 25.5 Å². The van der Waals surface area contributed by atoms with Crippen LogP contribution in [0.15, 0.2) is 30.3 Å². The molecule has 0 heterocycles. The summed E-state index contributed by atoms with van der Waals surface area (Å²) >= 11 is 0. The van der Waals surface area contributed by atoms with Crippen LogP contribution in [0.4, 0.5) is 0 Å². The van der Waals surface area contributed by atoms with Crippen molar-refractivity contribution < 1.29 is 18.3 Å². The fourth-order valence-electron chi connectivity index (χ4n) is 1.39. The molecule has 0 bridgehead atoms. The van der Waals surface area contributed by atoms with Gasteiger partial charge in [0, 0.05) is 0 Å². The molecule has 1 aromatic rings. The van der Waals surface area contributed by atoms with Crippen molar-refractivity contribution >= 4 is 16.2 Å². The van der Waals surface area contributed by atoms with Gasteiger partial charge in [0.15, 0.2) is 0 Å². The van der Waals surface area contributed by atoms with Gasteiger partial charge in [-0.25, -0.2) is 5.14 Å². The second-order valence-corrected chi connectivity index (χ2v) is 4.90. The first-order valence-corrected chi connectivity index (χ1v) is 6.50. The number of hydrogen-bond donors (Lipinski definition) is 3. The fraction of sp³-hybridized carbons (Fsp3) is 0.300. The molecule has 17 heavy (non-hydrogen) atoms. The lowest BCUT2D eigenvalue weighted by atomic mass is 10.1. The first-order chi connectivity index (χ1) is 7.88. The van der Waals surface area contributed by atoms with Crippen molar-refractivity contribution in [3.05, 3.63) is 35.9 Å². The lowest BCUT2D eigenvalue weighted by molar-refractivity contribution is -0.139. The van der Waals surface area contributed by atoms with Crippen molar-refractivity contribution in [2.75, 3.05) is 0 Å². The Morgan fingerprint density at radius 2 is 1.94 bits per heavy atom. The number of carboxylic acid groups (broad SMARTS) is 1. The highest BCUT2D eigenvalue weighted by molar-refractivity contribution is 7.87. The Labute approximate surface area is 99.6 Å². The average Bonchev–Trinajstić information content (AvgIpc) is 2.24. The number of aliphatic carboxylic acids is 1. The Balaban J connectivity index is 2.60. The van der Waals surface area contributed by atoms with E-state index in [-0.39, 0.29) is 6.42 Å². The molecular weight excluding hydrogens is 244 g/mol. The Hall–Kier alpha value is -1.44. The molecule has 1 atom stereocenters. The number of nitrogens with one attached hydrogen (secondary N) is 1. The molecular formula is C10H14N2O4S. The third kappa shape index (κ3) is 5.43. The maximum Gasteiger partial charge on any atom is 0.321 e. The molecule has 1 aromatic carbocycles. The predicted molar refractivity (Wildman–Crippen MR) is 62.4 cm³/mol. The van der Waals surface area contributed by atoms with Crippen molar-refractivity contribution in [3.8, 4) is 0 Å². The predicted octanol–water partition coefficient (Wildman–Crippen LogP) is -0.134. The third-order valence-corrected chi connectivity index (χ3v) is 2.78. The maximum atomic E-state index is 10.8. The largest absolute Gasteiger partial charge is 0.480 e. The minimum absolute atomic E-state index is 0.149. The molecule has 0 amide bonds. The van der Waals surface area contributed by atoms with E-state index in [9.17, 15) is 13.2 Å². The van der Waals surface area contributed by atoms with Crippen molar-refractivity contribution in [1.29, 1.82) is 0 Å². The summed E-state index contributed by atoms with van der Waals surface area (Å²) < 4.78 is 23.4. The molecule has 0 aliphatic carbocycles. The van der Waals surface area contributed by atoms with Crippen LogP contribution in [-0.2, 0) is 21.4 Å².